The number of rotatable bonds is 4. The van der Waals surface area contributed by atoms with Gasteiger partial charge in [0.2, 0.25) is 0 Å². The molecule has 0 saturated heterocycles. The van der Waals surface area contributed by atoms with Crippen molar-refractivity contribution >= 4 is 11.2 Å². The van der Waals surface area contributed by atoms with Crippen LogP contribution >= 0.6 is 0 Å². The zero-order valence-corrected chi connectivity index (χ0v) is 16.1. The maximum Gasteiger partial charge on any atom is 0.337 e. The zero-order chi connectivity index (χ0) is 19.8. The van der Waals surface area contributed by atoms with Crippen LogP contribution in [0.15, 0.2) is 76.6 Å². The van der Waals surface area contributed by atoms with E-state index < -0.39 is 0 Å². The zero-order valence-electron chi connectivity index (χ0n) is 16.1. The highest BCUT2D eigenvalue weighted by atomic mass is 16.2. The van der Waals surface area contributed by atoms with Gasteiger partial charge in [0.25, 0.3) is 5.56 Å². The average Bonchev–Trinajstić information content (AvgIpc) is 3.41. The predicted molar refractivity (Wildman–Crippen MR) is 113 cm³/mol. The van der Waals surface area contributed by atoms with Crippen LogP contribution < -0.4 is 11.2 Å². The van der Waals surface area contributed by atoms with Gasteiger partial charge in [-0.2, -0.15) is 0 Å². The number of hydrogen-bond donors (Lipinski definition) is 0. The van der Waals surface area contributed by atoms with Crippen molar-refractivity contribution in [1.29, 1.82) is 0 Å². The number of para-hydroxylation sites is 1. The van der Waals surface area contributed by atoms with Crippen molar-refractivity contribution in [2.24, 2.45) is 0 Å². The molecule has 0 radical (unpaired) electrons. The predicted octanol–water partition coefficient (Wildman–Crippen LogP) is 3.51. The Hall–Kier alpha value is -3.41. The van der Waals surface area contributed by atoms with Gasteiger partial charge in [-0.05, 0) is 30.5 Å². The lowest BCUT2D eigenvalue weighted by Gasteiger charge is -2.17. The van der Waals surface area contributed by atoms with Crippen LogP contribution in [-0.4, -0.2) is 18.7 Å². The molecule has 1 fully saturated rings. The summed E-state index contributed by atoms with van der Waals surface area (Å²) in [5, 5.41) is 0. The molecule has 2 aromatic heterocycles. The molecule has 0 bridgehead atoms. The van der Waals surface area contributed by atoms with Crippen LogP contribution in [0.25, 0.3) is 16.9 Å². The molecule has 0 spiro atoms. The summed E-state index contributed by atoms with van der Waals surface area (Å²) in [5.74, 6) is 0. The summed E-state index contributed by atoms with van der Waals surface area (Å²) in [5.41, 5.74) is 2.15. The first-order chi connectivity index (χ1) is 14.2. The molecule has 0 N–H and O–H groups in total. The van der Waals surface area contributed by atoms with E-state index in [2.05, 4.69) is 4.98 Å². The molecule has 146 valence electrons. The lowest BCUT2D eigenvalue weighted by molar-refractivity contribution is 0.474. The summed E-state index contributed by atoms with van der Waals surface area (Å²) in [7, 11) is 0. The molecule has 2 heterocycles. The Bertz CT molecular complexity index is 1260. The van der Waals surface area contributed by atoms with Crippen LogP contribution in [-0.2, 0) is 6.54 Å². The van der Waals surface area contributed by atoms with Crippen LogP contribution in [0.1, 0.15) is 37.3 Å². The summed E-state index contributed by atoms with van der Waals surface area (Å²) < 4.78 is 4.90. The largest absolute Gasteiger partial charge is 0.337 e. The first-order valence-corrected chi connectivity index (χ1v) is 10.1. The maximum absolute atomic E-state index is 13.5. The Labute approximate surface area is 167 Å². The van der Waals surface area contributed by atoms with Gasteiger partial charge in [0.15, 0.2) is 11.2 Å². The molecule has 2 aromatic carbocycles. The number of nitrogens with zero attached hydrogens (tertiary/aromatic N) is 4. The number of fused-ring (bicyclic) bond motifs is 1. The minimum Gasteiger partial charge on any atom is -0.320 e. The molecule has 6 nitrogen and oxygen atoms in total. The van der Waals surface area contributed by atoms with Gasteiger partial charge in [-0.15, -0.1) is 0 Å². The van der Waals surface area contributed by atoms with E-state index in [1.54, 1.807) is 10.9 Å². The second-order valence-electron chi connectivity index (χ2n) is 7.60. The van der Waals surface area contributed by atoms with Gasteiger partial charge in [0.1, 0.15) is 0 Å². The van der Waals surface area contributed by atoms with E-state index in [0.29, 0.717) is 17.7 Å². The van der Waals surface area contributed by atoms with Crippen molar-refractivity contribution in [3.05, 3.63) is 93.4 Å². The summed E-state index contributed by atoms with van der Waals surface area (Å²) in [6, 6.07) is 19.4. The smallest absolute Gasteiger partial charge is 0.320 e. The highest BCUT2D eigenvalue weighted by molar-refractivity contribution is 5.72. The standard InChI is InChI=1S/C23H22N4O2/c28-22-20-21(24-16-25(20)15-17-9-3-1-4-10-17)26(18-11-5-2-6-12-18)23(29)27(22)19-13-7-8-14-19/h1-6,9-12,16,19H,7-8,13-15H2. The Balaban J connectivity index is 1.79. The molecule has 0 amide bonds. The molecule has 1 aliphatic rings. The fourth-order valence-corrected chi connectivity index (χ4v) is 4.35. The van der Waals surface area contributed by atoms with Crippen molar-refractivity contribution in [3.8, 4) is 5.69 Å². The molecule has 1 aliphatic carbocycles. The summed E-state index contributed by atoms with van der Waals surface area (Å²) in [6.07, 6.45) is 5.48. The number of imidazole rings is 1. The van der Waals surface area contributed by atoms with Crippen LogP contribution in [0.2, 0.25) is 0 Å². The van der Waals surface area contributed by atoms with Crippen molar-refractivity contribution in [3.63, 3.8) is 0 Å². The van der Waals surface area contributed by atoms with Crippen molar-refractivity contribution in [2.75, 3.05) is 0 Å². The van der Waals surface area contributed by atoms with Gasteiger partial charge in [-0.25, -0.2) is 14.3 Å². The quantitative estimate of drug-likeness (QED) is 0.539. The molecule has 1 saturated carbocycles. The van der Waals surface area contributed by atoms with E-state index in [0.717, 1.165) is 36.9 Å². The topological polar surface area (TPSA) is 61.8 Å². The third kappa shape index (κ3) is 3.01. The number of aromatic nitrogens is 4. The first kappa shape index (κ1) is 17.7. The molecular weight excluding hydrogens is 364 g/mol. The van der Waals surface area contributed by atoms with Crippen LogP contribution in [0.4, 0.5) is 0 Å². The summed E-state index contributed by atoms with van der Waals surface area (Å²) in [6.45, 7) is 0.532. The SMILES string of the molecule is O=c1c2c(ncn2Cc2ccccc2)n(-c2ccccc2)c(=O)n1C1CCCC1. The normalized spacial score (nSPS) is 14.6. The van der Waals surface area contributed by atoms with Gasteiger partial charge in [-0.3, -0.25) is 9.36 Å². The van der Waals surface area contributed by atoms with Gasteiger partial charge in [-0.1, -0.05) is 61.4 Å². The molecule has 4 aromatic rings. The molecule has 0 unspecified atom stereocenters. The lowest BCUT2D eigenvalue weighted by atomic mass is 10.2. The average molecular weight is 386 g/mol. The van der Waals surface area contributed by atoms with E-state index in [1.165, 1.54) is 4.57 Å². The van der Waals surface area contributed by atoms with Gasteiger partial charge in [0, 0.05) is 12.6 Å². The van der Waals surface area contributed by atoms with Crippen molar-refractivity contribution < 1.29 is 0 Å². The lowest BCUT2D eigenvalue weighted by Crippen LogP contribution is -2.41. The number of hydrogen-bond acceptors (Lipinski definition) is 3. The van der Waals surface area contributed by atoms with E-state index in [1.807, 2.05) is 65.2 Å². The van der Waals surface area contributed by atoms with Gasteiger partial charge in [0.05, 0.1) is 12.0 Å². The summed E-state index contributed by atoms with van der Waals surface area (Å²) in [4.78, 5) is 31.4. The molecule has 6 heteroatoms. The number of benzene rings is 2. The van der Waals surface area contributed by atoms with E-state index in [-0.39, 0.29) is 17.3 Å². The Morgan fingerprint density at radius 3 is 2.24 bits per heavy atom. The monoisotopic (exact) mass is 386 g/mol. The Kier molecular flexibility index (Phi) is 4.39. The van der Waals surface area contributed by atoms with E-state index in [4.69, 9.17) is 0 Å². The van der Waals surface area contributed by atoms with Crippen LogP contribution in [0.3, 0.4) is 0 Å². The van der Waals surface area contributed by atoms with Crippen LogP contribution in [0, 0.1) is 0 Å². The first-order valence-electron chi connectivity index (χ1n) is 10.1. The van der Waals surface area contributed by atoms with E-state index in [9.17, 15) is 9.59 Å². The second-order valence-corrected chi connectivity index (χ2v) is 7.60. The molecule has 29 heavy (non-hydrogen) atoms. The maximum atomic E-state index is 13.5. The fourth-order valence-electron chi connectivity index (χ4n) is 4.35. The highest BCUT2D eigenvalue weighted by Gasteiger charge is 2.26. The Morgan fingerprint density at radius 2 is 1.55 bits per heavy atom. The van der Waals surface area contributed by atoms with E-state index >= 15 is 0 Å². The molecule has 0 atom stereocenters. The summed E-state index contributed by atoms with van der Waals surface area (Å²) >= 11 is 0. The Morgan fingerprint density at radius 1 is 0.897 bits per heavy atom. The molecule has 5 rings (SSSR count). The van der Waals surface area contributed by atoms with Gasteiger partial charge >= 0.3 is 5.69 Å². The second kappa shape index (κ2) is 7.20. The van der Waals surface area contributed by atoms with Crippen molar-refractivity contribution in [1.82, 2.24) is 18.7 Å². The third-order valence-electron chi connectivity index (χ3n) is 5.75. The third-order valence-corrected chi connectivity index (χ3v) is 5.75. The van der Waals surface area contributed by atoms with Crippen molar-refractivity contribution in [2.45, 2.75) is 38.3 Å². The minimum atomic E-state index is -0.300. The minimum absolute atomic E-state index is 0.0468. The van der Waals surface area contributed by atoms with Crippen LogP contribution in [0.5, 0.6) is 0 Å². The molecule has 0 aliphatic heterocycles. The highest BCUT2D eigenvalue weighted by Crippen LogP contribution is 2.28. The fraction of sp³-hybridized carbons (Fsp3) is 0.261. The molecular formula is C23H22N4O2. The van der Waals surface area contributed by atoms with Gasteiger partial charge < -0.3 is 4.57 Å².